The molecule has 2 amide bonds. The summed E-state index contributed by atoms with van der Waals surface area (Å²) in [6.45, 7) is 16.7. The number of aliphatic hydroxyl groups excluding tert-OH is 1. The van der Waals surface area contributed by atoms with Crippen LogP contribution in [-0.2, 0) is 44.6 Å². The largest absolute Gasteiger partial charge is 0.458 e. The third-order valence-electron chi connectivity index (χ3n) is 12.4. The van der Waals surface area contributed by atoms with Gasteiger partial charge in [0.15, 0.2) is 17.7 Å². The van der Waals surface area contributed by atoms with Crippen LogP contribution in [0.15, 0.2) is 30.6 Å². The fraction of sp³-hybridized carbons (Fsp3) is 0.744. The highest BCUT2D eigenvalue weighted by atomic mass is 16.7. The van der Waals surface area contributed by atoms with E-state index in [0.717, 1.165) is 0 Å². The molecule has 2 aromatic heterocycles. The van der Waals surface area contributed by atoms with Crippen molar-refractivity contribution < 1.29 is 48.0 Å². The van der Waals surface area contributed by atoms with Crippen molar-refractivity contribution in [1.29, 1.82) is 0 Å². The van der Waals surface area contributed by atoms with E-state index in [9.17, 15) is 24.3 Å². The van der Waals surface area contributed by atoms with E-state index in [4.69, 9.17) is 23.7 Å². The second-order valence-electron chi connectivity index (χ2n) is 17.0. The molecule has 336 valence electrons. The van der Waals surface area contributed by atoms with Gasteiger partial charge in [-0.2, -0.15) is 0 Å². The minimum Gasteiger partial charge on any atom is -0.458 e. The highest BCUT2D eigenvalue weighted by Crippen LogP contribution is 2.40. The van der Waals surface area contributed by atoms with E-state index < -0.39 is 83.5 Å². The highest BCUT2D eigenvalue weighted by molar-refractivity contribution is 6.00. The van der Waals surface area contributed by atoms with Crippen molar-refractivity contribution in [2.24, 2.45) is 17.8 Å². The number of nitrogens with zero attached hydrogens (tertiary/aromatic N) is 6. The molecular weight excluding hydrogens is 775 g/mol. The van der Waals surface area contributed by atoms with Crippen LogP contribution in [0.5, 0.6) is 0 Å². The maximum atomic E-state index is 14.4. The number of amides is 2. The molecule has 0 bridgehead atoms. The first-order chi connectivity index (χ1) is 28.4. The van der Waals surface area contributed by atoms with Gasteiger partial charge in [0.25, 0.3) is 0 Å². The minimum atomic E-state index is -1.40. The van der Waals surface area contributed by atoms with Gasteiger partial charge in [-0.3, -0.25) is 28.9 Å². The Morgan fingerprint density at radius 2 is 1.73 bits per heavy atom. The zero-order chi connectivity index (χ0) is 44.5. The van der Waals surface area contributed by atoms with Crippen LogP contribution in [-0.4, -0.2) is 147 Å². The highest BCUT2D eigenvalue weighted by Gasteiger charge is 2.59. The van der Waals surface area contributed by atoms with Crippen molar-refractivity contribution in [2.45, 2.75) is 155 Å². The summed E-state index contributed by atoms with van der Waals surface area (Å²) >= 11 is 0. The number of carbonyl (C=O) groups excluding carboxylic acids is 4. The van der Waals surface area contributed by atoms with Crippen LogP contribution in [0.4, 0.5) is 4.79 Å². The molecule has 2 aliphatic rings. The number of ether oxygens (including phenoxy) is 5. The van der Waals surface area contributed by atoms with Crippen LogP contribution in [0.2, 0.25) is 0 Å². The SMILES string of the molecule is CCO[C@@H](O[C@@H]1[C@H](C)C(=O)[C@@H](C)C(=O)O[C@H](CC)[C@@]2(C)OC(=O)N(CCCCn3cc(-c4ccccn4)nn3)[C@@H]2[C@@H](C)NC(=O)[C@H](C)C[C@@]1(C)OC)C(O)C(CC)N(C)C. The Balaban J connectivity index is 1.65. The number of ketones is 1. The van der Waals surface area contributed by atoms with Gasteiger partial charge in [0.2, 0.25) is 5.91 Å². The van der Waals surface area contributed by atoms with Gasteiger partial charge in [0.1, 0.15) is 23.8 Å². The fourth-order valence-corrected chi connectivity index (χ4v) is 8.96. The van der Waals surface area contributed by atoms with Crippen molar-refractivity contribution in [3.63, 3.8) is 0 Å². The molecule has 17 nitrogen and oxygen atoms in total. The number of pyridine rings is 1. The van der Waals surface area contributed by atoms with Crippen LogP contribution in [0.3, 0.4) is 0 Å². The zero-order valence-electron chi connectivity index (χ0n) is 37.6. The Hall–Kier alpha value is -4.03. The van der Waals surface area contributed by atoms with E-state index in [0.29, 0.717) is 37.2 Å². The lowest BCUT2D eigenvalue weighted by Gasteiger charge is -2.44. The zero-order valence-corrected chi connectivity index (χ0v) is 37.6. The minimum absolute atomic E-state index is 0.0893. The first-order valence-corrected chi connectivity index (χ1v) is 21.4. The number of Topliss-reactive ketones (excluding diaryl/α,β-unsaturated/α-hetero) is 1. The van der Waals surface area contributed by atoms with Crippen LogP contribution in [0, 0.1) is 17.8 Å². The second kappa shape index (κ2) is 21.2. The third kappa shape index (κ3) is 10.9. The van der Waals surface area contributed by atoms with Gasteiger partial charge >= 0.3 is 12.1 Å². The predicted octanol–water partition coefficient (Wildman–Crippen LogP) is 4.26. The number of cyclic esters (lactones) is 1. The van der Waals surface area contributed by atoms with Crippen LogP contribution in [0.25, 0.3) is 11.4 Å². The van der Waals surface area contributed by atoms with Gasteiger partial charge in [-0.05, 0) is 93.0 Å². The fourth-order valence-electron chi connectivity index (χ4n) is 8.96. The third-order valence-corrected chi connectivity index (χ3v) is 12.4. The molecule has 2 N–H and O–H groups in total. The van der Waals surface area contributed by atoms with E-state index in [1.165, 1.54) is 14.0 Å². The number of aliphatic hydroxyl groups is 1. The monoisotopic (exact) mass is 844 g/mol. The van der Waals surface area contributed by atoms with Gasteiger partial charge in [-0.15, -0.1) is 5.10 Å². The number of nitrogens with one attached hydrogen (secondary N) is 1. The average molecular weight is 844 g/mol. The summed E-state index contributed by atoms with van der Waals surface area (Å²) in [6.07, 6.45) is 0.731. The predicted molar refractivity (Wildman–Crippen MR) is 222 cm³/mol. The van der Waals surface area contributed by atoms with Gasteiger partial charge in [0, 0.05) is 50.9 Å². The molecule has 0 spiro atoms. The molecule has 2 aromatic rings. The van der Waals surface area contributed by atoms with Crippen molar-refractivity contribution in [1.82, 2.24) is 35.1 Å². The van der Waals surface area contributed by atoms with Crippen LogP contribution in [0.1, 0.15) is 94.4 Å². The molecular formula is C43H69N7O10. The number of carbonyl (C=O) groups is 4. The number of methoxy groups -OCH3 is 1. The number of esters is 1. The molecule has 0 aliphatic carbocycles. The Morgan fingerprint density at radius 3 is 2.33 bits per heavy atom. The topological polar surface area (TPSA) is 197 Å². The lowest BCUT2D eigenvalue weighted by atomic mass is 9.78. The number of aromatic nitrogens is 4. The Labute approximate surface area is 355 Å². The summed E-state index contributed by atoms with van der Waals surface area (Å²) in [5, 5.41) is 23.2. The summed E-state index contributed by atoms with van der Waals surface area (Å²) in [4.78, 5) is 64.3. The first kappa shape index (κ1) is 48.6. The summed E-state index contributed by atoms with van der Waals surface area (Å²) < 4.78 is 32.8. The van der Waals surface area contributed by atoms with Crippen molar-refractivity contribution in [2.75, 3.05) is 34.4 Å². The maximum absolute atomic E-state index is 14.4. The van der Waals surface area contributed by atoms with E-state index in [1.807, 2.05) is 64.2 Å². The summed E-state index contributed by atoms with van der Waals surface area (Å²) in [5.74, 6) is -4.54. The smallest absolute Gasteiger partial charge is 0.410 e. The summed E-state index contributed by atoms with van der Waals surface area (Å²) in [5.41, 5.74) is -1.32. The molecule has 4 heterocycles. The Kier molecular flexibility index (Phi) is 17.2. The molecule has 4 rings (SSSR count). The number of likely N-dealkylation sites (N-methyl/N-ethyl adjacent to an activating group) is 1. The molecule has 2 aliphatic heterocycles. The van der Waals surface area contributed by atoms with Gasteiger partial charge in [-0.25, -0.2) is 4.79 Å². The van der Waals surface area contributed by atoms with E-state index in [1.54, 1.807) is 50.4 Å². The molecule has 60 heavy (non-hydrogen) atoms. The average Bonchev–Trinajstić information content (AvgIpc) is 3.80. The Morgan fingerprint density at radius 1 is 1.03 bits per heavy atom. The lowest BCUT2D eigenvalue weighted by Crippen LogP contribution is -2.61. The van der Waals surface area contributed by atoms with Crippen molar-refractivity contribution in [3.05, 3.63) is 30.6 Å². The lowest BCUT2D eigenvalue weighted by molar-refractivity contribution is -0.265. The normalized spacial score (nSPS) is 31.1. The second-order valence-corrected chi connectivity index (χ2v) is 17.0. The quantitative estimate of drug-likeness (QED) is 0.105. The van der Waals surface area contributed by atoms with E-state index in [-0.39, 0.29) is 37.9 Å². The van der Waals surface area contributed by atoms with Gasteiger partial charge in [-0.1, -0.05) is 39.0 Å². The number of rotatable bonds is 16. The molecule has 2 saturated heterocycles. The molecule has 17 heteroatoms. The molecule has 2 unspecified atom stereocenters. The maximum Gasteiger partial charge on any atom is 0.410 e. The van der Waals surface area contributed by atoms with Crippen LogP contribution >= 0.6 is 0 Å². The molecule has 0 aromatic carbocycles. The van der Waals surface area contributed by atoms with E-state index in [2.05, 4.69) is 20.6 Å². The molecule has 0 radical (unpaired) electrons. The van der Waals surface area contributed by atoms with Crippen molar-refractivity contribution in [3.8, 4) is 11.4 Å². The van der Waals surface area contributed by atoms with Crippen LogP contribution < -0.4 is 5.32 Å². The number of unbranched alkanes of at least 4 members (excludes halogenated alkanes) is 1. The number of aryl methyl sites for hydroxylation is 1. The number of hydrogen-bond acceptors (Lipinski definition) is 14. The molecule has 12 atom stereocenters. The van der Waals surface area contributed by atoms with E-state index >= 15 is 0 Å². The van der Waals surface area contributed by atoms with Crippen molar-refractivity contribution >= 4 is 23.8 Å². The standard InChI is InChI=1S/C43H69N7O10/c1-13-32(48(10)11)35(52)40(57-15-3)59-37-27(5)34(51)28(6)39(54)58-33(14-2)43(9)36(29(7)45-38(53)26(4)24-42(37,8)56-12)50(41(55)60-43)23-19-18-22-49-25-31(46-47-49)30-20-16-17-21-44-30/h16-17,20-21,25-29,32-33,35-37,40,52H,13-15,18-19,22-24H2,1-12H3,(H,45,53)/t26-,27-,28-,29-,32?,33-,35?,36-,37-,40+,42-,43-/m1/s1. The van der Waals surface area contributed by atoms with Gasteiger partial charge < -0.3 is 39.0 Å². The number of hydrogen-bond donors (Lipinski definition) is 2. The summed E-state index contributed by atoms with van der Waals surface area (Å²) in [7, 11) is 5.18. The Bertz CT molecular complexity index is 1730. The van der Waals surface area contributed by atoms with Gasteiger partial charge in [0.05, 0.1) is 35.7 Å². The molecule has 2 fully saturated rings. The first-order valence-electron chi connectivity index (χ1n) is 21.4. The summed E-state index contributed by atoms with van der Waals surface area (Å²) in [6, 6.07) is 3.81. The number of fused-ring (bicyclic) bond motifs is 1. The molecule has 0 saturated carbocycles.